The van der Waals surface area contributed by atoms with E-state index >= 15 is 0 Å². The molecule has 1 atom stereocenters. The summed E-state index contributed by atoms with van der Waals surface area (Å²) in [6, 6.07) is 7.08. The number of nitrogens with zero attached hydrogens (tertiary/aromatic N) is 2. The van der Waals surface area contributed by atoms with Crippen LogP contribution in [0, 0.1) is 0 Å². The Balaban J connectivity index is 1.93. The third-order valence-electron chi connectivity index (χ3n) is 2.63. The number of halogens is 1. The Hall–Kier alpha value is -1.31. The number of aromatic nitrogens is 2. The number of hydrogen-bond acceptors (Lipinski definition) is 6. The van der Waals surface area contributed by atoms with Crippen molar-refractivity contribution in [1.29, 1.82) is 0 Å². The maximum absolute atomic E-state index is 12.2. The number of anilines is 2. The maximum Gasteiger partial charge on any atom is 0.237 e. The number of hydrogen-bond donors (Lipinski definition) is 2. The molecule has 1 aromatic heterocycles. The lowest BCUT2D eigenvalue weighted by atomic mass is 10.1. The summed E-state index contributed by atoms with van der Waals surface area (Å²) in [5.74, 6) is -0.0993. The van der Waals surface area contributed by atoms with E-state index in [0.717, 1.165) is 9.47 Å². The Kier molecular flexibility index (Phi) is 5.89. The normalized spacial score (nSPS) is 12.7. The molecular weight excluding hydrogens is 352 g/mol. The third-order valence-corrected chi connectivity index (χ3v) is 4.89. The summed E-state index contributed by atoms with van der Waals surface area (Å²) in [4.78, 5) is 12.2. The second-order valence-electron chi connectivity index (χ2n) is 6.01. The van der Waals surface area contributed by atoms with Crippen LogP contribution in [0.5, 0.6) is 0 Å². The smallest absolute Gasteiger partial charge is 0.237 e. The first-order valence-electron chi connectivity index (χ1n) is 7.08. The molecule has 8 heteroatoms. The van der Waals surface area contributed by atoms with Gasteiger partial charge < -0.3 is 10.6 Å². The summed E-state index contributed by atoms with van der Waals surface area (Å²) in [6.07, 6.45) is 0. The molecule has 0 aliphatic rings. The highest BCUT2D eigenvalue weighted by Crippen LogP contribution is 2.30. The highest BCUT2D eigenvalue weighted by atomic mass is 35.5. The average molecular weight is 371 g/mol. The molecule has 0 saturated heterocycles. The molecule has 0 fully saturated rings. The van der Waals surface area contributed by atoms with E-state index < -0.39 is 0 Å². The van der Waals surface area contributed by atoms with Crippen LogP contribution < -0.4 is 10.6 Å². The number of thioether (sulfide) groups is 1. The first-order chi connectivity index (χ1) is 10.7. The Morgan fingerprint density at radius 3 is 2.74 bits per heavy atom. The van der Waals surface area contributed by atoms with Crippen LogP contribution in [0.15, 0.2) is 28.6 Å². The highest BCUT2D eigenvalue weighted by molar-refractivity contribution is 8.02. The third kappa shape index (κ3) is 6.01. The Bertz CT molecular complexity index is 684. The minimum absolute atomic E-state index is 0.0724. The van der Waals surface area contributed by atoms with Gasteiger partial charge in [-0.05, 0) is 45.9 Å². The van der Waals surface area contributed by atoms with Crippen molar-refractivity contribution in [3.8, 4) is 0 Å². The largest absolute Gasteiger partial charge is 0.355 e. The molecule has 1 unspecified atom stereocenters. The molecule has 1 heterocycles. The predicted molar refractivity (Wildman–Crippen MR) is 98.7 cm³/mol. The molecule has 23 heavy (non-hydrogen) atoms. The maximum atomic E-state index is 12.2. The fraction of sp³-hybridized carbons (Fsp3) is 0.400. The Labute approximate surface area is 149 Å². The van der Waals surface area contributed by atoms with Gasteiger partial charge in [-0.15, -0.1) is 10.2 Å². The van der Waals surface area contributed by atoms with E-state index in [2.05, 4.69) is 41.6 Å². The highest BCUT2D eigenvalue weighted by Gasteiger charge is 2.19. The van der Waals surface area contributed by atoms with E-state index in [0.29, 0.717) is 10.7 Å². The molecule has 1 amide bonds. The molecule has 0 bridgehead atoms. The van der Waals surface area contributed by atoms with Crippen LogP contribution in [0.25, 0.3) is 0 Å². The summed E-state index contributed by atoms with van der Waals surface area (Å²) >= 11 is 8.74. The molecule has 0 aliphatic carbocycles. The number of benzene rings is 1. The van der Waals surface area contributed by atoms with Crippen LogP contribution >= 0.6 is 34.7 Å². The van der Waals surface area contributed by atoms with Crippen LogP contribution in [0.2, 0.25) is 5.02 Å². The first kappa shape index (κ1) is 18.0. The van der Waals surface area contributed by atoms with Crippen molar-refractivity contribution in [1.82, 2.24) is 10.2 Å². The second-order valence-corrected chi connectivity index (χ2v) is 9.01. The van der Waals surface area contributed by atoms with Gasteiger partial charge in [0.2, 0.25) is 11.0 Å². The van der Waals surface area contributed by atoms with Crippen LogP contribution in [0.4, 0.5) is 10.8 Å². The van der Waals surface area contributed by atoms with Crippen molar-refractivity contribution in [3.63, 3.8) is 0 Å². The van der Waals surface area contributed by atoms with Gasteiger partial charge >= 0.3 is 0 Å². The van der Waals surface area contributed by atoms with Crippen LogP contribution in [0.3, 0.4) is 0 Å². The van der Waals surface area contributed by atoms with Gasteiger partial charge in [-0.25, -0.2) is 0 Å². The summed E-state index contributed by atoms with van der Waals surface area (Å²) in [5.41, 5.74) is 0.610. The lowest BCUT2D eigenvalue weighted by Crippen LogP contribution is -2.25. The number of amides is 1. The van der Waals surface area contributed by atoms with Gasteiger partial charge in [0.15, 0.2) is 4.34 Å². The Morgan fingerprint density at radius 1 is 1.35 bits per heavy atom. The van der Waals surface area contributed by atoms with E-state index in [1.165, 1.54) is 23.1 Å². The number of nitrogens with one attached hydrogen (secondary N) is 2. The zero-order valence-corrected chi connectivity index (χ0v) is 15.8. The lowest BCUT2D eigenvalue weighted by molar-refractivity contribution is -0.115. The van der Waals surface area contributed by atoms with Crippen molar-refractivity contribution in [2.75, 3.05) is 10.6 Å². The fourth-order valence-corrected chi connectivity index (χ4v) is 3.94. The second kappa shape index (κ2) is 7.51. The van der Waals surface area contributed by atoms with Gasteiger partial charge in [-0.2, -0.15) is 0 Å². The van der Waals surface area contributed by atoms with E-state index in [4.69, 9.17) is 11.6 Å². The van der Waals surface area contributed by atoms with Crippen molar-refractivity contribution < 1.29 is 4.79 Å². The monoisotopic (exact) mass is 370 g/mol. The van der Waals surface area contributed by atoms with Crippen molar-refractivity contribution in [3.05, 3.63) is 29.3 Å². The summed E-state index contributed by atoms with van der Waals surface area (Å²) in [6.45, 7) is 8.01. The van der Waals surface area contributed by atoms with Crippen molar-refractivity contribution >= 4 is 51.4 Å². The van der Waals surface area contributed by atoms with E-state index in [1.807, 2.05) is 6.92 Å². The minimum atomic E-state index is -0.288. The Morgan fingerprint density at radius 2 is 2.09 bits per heavy atom. The molecule has 2 N–H and O–H groups in total. The predicted octanol–water partition coefficient (Wildman–Crippen LogP) is 4.52. The molecule has 124 valence electrons. The molecular formula is C15H19ClN4OS2. The molecule has 0 radical (unpaired) electrons. The summed E-state index contributed by atoms with van der Waals surface area (Å²) in [7, 11) is 0. The SMILES string of the molecule is CC(Sc1nnc(NC(C)(C)C)s1)C(=O)Nc1cccc(Cl)c1. The van der Waals surface area contributed by atoms with Gasteiger partial charge in [-0.1, -0.05) is 40.8 Å². The molecule has 1 aromatic carbocycles. The van der Waals surface area contributed by atoms with Crippen LogP contribution in [-0.2, 0) is 4.79 Å². The van der Waals surface area contributed by atoms with E-state index in [9.17, 15) is 4.79 Å². The minimum Gasteiger partial charge on any atom is -0.355 e. The van der Waals surface area contributed by atoms with E-state index in [-0.39, 0.29) is 16.7 Å². The van der Waals surface area contributed by atoms with Crippen LogP contribution in [-0.4, -0.2) is 26.9 Å². The molecule has 2 aromatic rings. The number of carbonyl (C=O) groups excluding carboxylic acids is 1. The topological polar surface area (TPSA) is 66.9 Å². The summed E-state index contributed by atoms with van der Waals surface area (Å²) in [5, 5.41) is 15.4. The van der Waals surface area contributed by atoms with Crippen LogP contribution in [0.1, 0.15) is 27.7 Å². The molecule has 2 rings (SSSR count). The fourth-order valence-electron chi connectivity index (χ4n) is 1.64. The quantitative estimate of drug-likeness (QED) is 0.757. The standard InChI is InChI=1S/C15H19ClN4OS2/c1-9(12(21)17-11-7-5-6-10(16)8-11)22-14-20-19-13(23-14)18-15(2,3)4/h5-9H,1-4H3,(H,17,21)(H,18,19). The van der Waals surface area contributed by atoms with Gasteiger partial charge in [0, 0.05) is 16.2 Å². The summed E-state index contributed by atoms with van der Waals surface area (Å²) < 4.78 is 0.755. The lowest BCUT2D eigenvalue weighted by Gasteiger charge is -2.18. The molecule has 0 aliphatic heterocycles. The zero-order valence-electron chi connectivity index (χ0n) is 13.4. The van der Waals surface area contributed by atoms with Crippen molar-refractivity contribution in [2.24, 2.45) is 0 Å². The van der Waals surface area contributed by atoms with E-state index in [1.54, 1.807) is 24.3 Å². The van der Waals surface area contributed by atoms with Gasteiger partial charge in [0.1, 0.15) is 0 Å². The first-order valence-corrected chi connectivity index (χ1v) is 9.15. The number of rotatable bonds is 5. The zero-order chi connectivity index (χ0) is 17.0. The van der Waals surface area contributed by atoms with Gasteiger partial charge in [0.05, 0.1) is 5.25 Å². The molecule has 5 nitrogen and oxygen atoms in total. The molecule has 0 saturated carbocycles. The number of carbonyl (C=O) groups is 1. The average Bonchev–Trinajstić information content (AvgIpc) is 2.83. The molecule has 0 spiro atoms. The van der Waals surface area contributed by atoms with Gasteiger partial charge in [0.25, 0.3) is 0 Å². The van der Waals surface area contributed by atoms with Crippen molar-refractivity contribution in [2.45, 2.75) is 42.8 Å². The van der Waals surface area contributed by atoms with Gasteiger partial charge in [-0.3, -0.25) is 4.79 Å².